The van der Waals surface area contributed by atoms with Crippen molar-refractivity contribution in [2.45, 2.75) is 20.4 Å². The lowest BCUT2D eigenvalue weighted by atomic mass is 10.0. The second-order valence-corrected chi connectivity index (χ2v) is 8.21. The number of carbonyl (C=O) groups excluding carboxylic acids is 2. The number of fused-ring (bicyclic) bond motifs is 1. The minimum Gasteiger partial charge on any atom is -0.507 e. The van der Waals surface area contributed by atoms with E-state index in [1.807, 2.05) is 42.7 Å². The summed E-state index contributed by atoms with van der Waals surface area (Å²) in [6.07, 6.45) is 0. The largest absolute Gasteiger partial charge is 0.507 e. The number of phenolic OH excluding ortho intramolecular Hbond substituents is 2. The maximum absolute atomic E-state index is 12.8. The highest BCUT2D eigenvalue weighted by atomic mass is 35.5. The monoisotopic (exact) mass is 463 g/mol. The first-order chi connectivity index (χ1) is 15.8. The Hall–Kier alpha value is -3.77. The third-order valence-electron chi connectivity index (χ3n) is 5.71. The number of aryl methyl sites for hydroxylation is 1. The zero-order chi connectivity index (χ0) is 23.7. The molecule has 4 aromatic rings. The van der Waals surface area contributed by atoms with Crippen molar-refractivity contribution >= 4 is 34.1 Å². The van der Waals surface area contributed by atoms with Crippen molar-refractivity contribution in [1.82, 2.24) is 4.57 Å². The molecule has 0 amide bonds. The Labute approximate surface area is 195 Å². The SMILES string of the molecule is Cc1cc(C(=O)COC(=O)c2cc(O)c3ccccc3c2O)c(C)n1Cc1ccccc1Cl. The van der Waals surface area contributed by atoms with Crippen LogP contribution in [0.15, 0.2) is 60.7 Å². The number of phenols is 2. The minimum atomic E-state index is -0.897. The van der Waals surface area contributed by atoms with Crippen LogP contribution in [0.5, 0.6) is 11.5 Å². The van der Waals surface area contributed by atoms with Crippen molar-refractivity contribution in [3.05, 3.63) is 93.8 Å². The number of hydrogen-bond acceptors (Lipinski definition) is 5. The fourth-order valence-corrected chi connectivity index (χ4v) is 4.10. The molecule has 1 aromatic heterocycles. The number of nitrogens with zero attached hydrogens (tertiary/aromatic N) is 1. The van der Waals surface area contributed by atoms with Gasteiger partial charge in [0.1, 0.15) is 17.1 Å². The molecule has 0 atom stereocenters. The number of Topliss-reactive ketones (excluding diaryl/α,β-unsaturated/α-hetero) is 1. The van der Waals surface area contributed by atoms with Gasteiger partial charge in [0, 0.05) is 39.3 Å². The quantitative estimate of drug-likeness (QED) is 0.227. The minimum absolute atomic E-state index is 0.162. The number of ketones is 1. The van der Waals surface area contributed by atoms with Gasteiger partial charge in [0.2, 0.25) is 5.78 Å². The van der Waals surface area contributed by atoms with Crippen molar-refractivity contribution in [3.8, 4) is 11.5 Å². The molecule has 0 fully saturated rings. The van der Waals surface area contributed by atoms with Crippen LogP contribution < -0.4 is 0 Å². The summed E-state index contributed by atoms with van der Waals surface area (Å²) in [5.41, 5.74) is 2.78. The van der Waals surface area contributed by atoms with E-state index in [0.29, 0.717) is 27.9 Å². The average Bonchev–Trinajstić information content (AvgIpc) is 3.09. The molecule has 0 aliphatic rings. The molecule has 7 heteroatoms. The Balaban J connectivity index is 1.52. The van der Waals surface area contributed by atoms with E-state index in [1.54, 1.807) is 30.3 Å². The first kappa shape index (κ1) is 22.4. The first-order valence-electron chi connectivity index (χ1n) is 10.3. The van der Waals surface area contributed by atoms with Gasteiger partial charge in [-0.25, -0.2) is 4.79 Å². The number of hydrogen-bond donors (Lipinski definition) is 2. The summed E-state index contributed by atoms with van der Waals surface area (Å²) < 4.78 is 7.16. The second kappa shape index (κ2) is 9.00. The Kier molecular flexibility index (Phi) is 6.11. The zero-order valence-electron chi connectivity index (χ0n) is 18.1. The van der Waals surface area contributed by atoms with Crippen LogP contribution in [0.4, 0.5) is 0 Å². The van der Waals surface area contributed by atoms with Gasteiger partial charge in [-0.1, -0.05) is 54.1 Å². The number of halogens is 1. The number of esters is 1. The molecule has 33 heavy (non-hydrogen) atoms. The van der Waals surface area contributed by atoms with Gasteiger partial charge >= 0.3 is 5.97 Å². The maximum atomic E-state index is 12.8. The fraction of sp³-hybridized carbons (Fsp3) is 0.154. The van der Waals surface area contributed by atoms with Crippen LogP contribution in [0.25, 0.3) is 10.8 Å². The summed E-state index contributed by atoms with van der Waals surface area (Å²) in [5, 5.41) is 22.0. The third-order valence-corrected chi connectivity index (χ3v) is 6.08. The van der Waals surface area contributed by atoms with E-state index >= 15 is 0 Å². The second-order valence-electron chi connectivity index (χ2n) is 7.80. The molecule has 0 saturated carbocycles. The van der Waals surface area contributed by atoms with Gasteiger partial charge in [0.05, 0.1) is 0 Å². The van der Waals surface area contributed by atoms with Gasteiger partial charge in [-0.3, -0.25) is 4.79 Å². The highest BCUT2D eigenvalue weighted by Gasteiger charge is 2.21. The lowest BCUT2D eigenvalue weighted by molar-refractivity contribution is 0.0471. The molecule has 0 unspecified atom stereocenters. The van der Waals surface area contributed by atoms with Crippen LogP contribution in [0, 0.1) is 13.8 Å². The number of aromatic nitrogens is 1. The molecule has 4 rings (SSSR count). The Morgan fingerprint density at radius 3 is 2.33 bits per heavy atom. The van der Waals surface area contributed by atoms with E-state index in [2.05, 4.69) is 0 Å². The predicted octanol–water partition coefficient (Wildman–Crippen LogP) is 5.41. The molecule has 168 valence electrons. The van der Waals surface area contributed by atoms with Gasteiger partial charge in [-0.2, -0.15) is 0 Å². The summed E-state index contributed by atoms with van der Waals surface area (Å²) in [7, 11) is 0. The molecule has 0 bridgehead atoms. The lowest BCUT2D eigenvalue weighted by Gasteiger charge is -2.12. The fourth-order valence-electron chi connectivity index (χ4n) is 3.91. The Morgan fingerprint density at radius 1 is 0.939 bits per heavy atom. The number of carbonyl (C=O) groups is 2. The van der Waals surface area contributed by atoms with Crippen LogP contribution >= 0.6 is 11.6 Å². The molecule has 0 aliphatic heterocycles. The number of rotatable bonds is 6. The van der Waals surface area contributed by atoms with Gasteiger partial charge in [0.25, 0.3) is 0 Å². The summed E-state index contributed by atoms with van der Waals surface area (Å²) in [5.74, 6) is -1.73. The van der Waals surface area contributed by atoms with Crippen LogP contribution in [0.1, 0.15) is 37.7 Å². The Bertz CT molecular complexity index is 1390. The van der Waals surface area contributed by atoms with Crippen LogP contribution in [0.3, 0.4) is 0 Å². The molecule has 3 aromatic carbocycles. The summed E-state index contributed by atoms with van der Waals surface area (Å²) >= 11 is 6.28. The van der Waals surface area contributed by atoms with Crippen molar-refractivity contribution < 1.29 is 24.5 Å². The number of ether oxygens (including phenoxy) is 1. The third kappa shape index (κ3) is 4.30. The summed E-state index contributed by atoms with van der Waals surface area (Å²) in [6.45, 7) is 3.73. The molecule has 6 nitrogen and oxygen atoms in total. The standard InChI is InChI=1S/C26H22ClNO5/c1-15-11-20(16(2)28(15)13-17-7-3-6-10-22(17)27)24(30)14-33-26(32)21-12-23(29)18-8-4-5-9-19(18)25(21)31/h3-12,29,31H,13-14H2,1-2H3. The molecular weight excluding hydrogens is 442 g/mol. The zero-order valence-corrected chi connectivity index (χ0v) is 18.9. The predicted molar refractivity (Wildman–Crippen MR) is 126 cm³/mol. The van der Waals surface area contributed by atoms with Crippen LogP contribution in [0.2, 0.25) is 5.02 Å². The highest BCUT2D eigenvalue weighted by Crippen LogP contribution is 2.35. The van der Waals surface area contributed by atoms with E-state index in [-0.39, 0.29) is 22.8 Å². The van der Waals surface area contributed by atoms with Crippen LogP contribution in [-0.4, -0.2) is 33.1 Å². The van der Waals surface area contributed by atoms with Gasteiger partial charge in [-0.15, -0.1) is 0 Å². The average molecular weight is 464 g/mol. The van der Waals surface area contributed by atoms with Crippen molar-refractivity contribution in [1.29, 1.82) is 0 Å². The van der Waals surface area contributed by atoms with E-state index in [4.69, 9.17) is 16.3 Å². The number of benzene rings is 3. The molecule has 0 aliphatic carbocycles. The van der Waals surface area contributed by atoms with Crippen molar-refractivity contribution in [3.63, 3.8) is 0 Å². The molecule has 0 saturated heterocycles. The van der Waals surface area contributed by atoms with E-state index in [9.17, 15) is 19.8 Å². The smallest absolute Gasteiger partial charge is 0.342 e. The molecule has 2 N–H and O–H groups in total. The van der Waals surface area contributed by atoms with Crippen molar-refractivity contribution in [2.75, 3.05) is 6.61 Å². The molecule has 0 radical (unpaired) electrons. The van der Waals surface area contributed by atoms with E-state index < -0.39 is 12.6 Å². The van der Waals surface area contributed by atoms with E-state index in [1.165, 1.54) is 0 Å². The van der Waals surface area contributed by atoms with Gasteiger partial charge < -0.3 is 19.5 Å². The normalized spacial score (nSPS) is 11.0. The molecule has 0 spiro atoms. The molecular formula is C26H22ClNO5. The highest BCUT2D eigenvalue weighted by molar-refractivity contribution is 6.31. The van der Waals surface area contributed by atoms with Crippen molar-refractivity contribution in [2.24, 2.45) is 0 Å². The maximum Gasteiger partial charge on any atom is 0.342 e. The topological polar surface area (TPSA) is 88.8 Å². The van der Waals surface area contributed by atoms with E-state index in [0.717, 1.165) is 23.0 Å². The Morgan fingerprint density at radius 2 is 1.61 bits per heavy atom. The number of aromatic hydroxyl groups is 2. The van der Waals surface area contributed by atoms with Gasteiger partial charge in [-0.05, 0) is 37.6 Å². The van der Waals surface area contributed by atoms with Gasteiger partial charge in [0.15, 0.2) is 6.61 Å². The summed E-state index contributed by atoms with van der Waals surface area (Å²) in [4.78, 5) is 25.4. The first-order valence-corrected chi connectivity index (χ1v) is 10.7. The molecule has 1 heterocycles. The van der Waals surface area contributed by atoms with Crippen LogP contribution in [-0.2, 0) is 11.3 Å². The summed E-state index contributed by atoms with van der Waals surface area (Å²) in [6, 6.07) is 17.0. The lowest BCUT2D eigenvalue weighted by Crippen LogP contribution is -2.15.